The molecule has 21 heavy (non-hydrogen) atoms. The van der Waals surface area contributed by atoms with E-state index in [2.05, 4.69) is 26.1 Å². The monoisotopic (exact) mass is 350 g/mol. The van der Waals surface area contributed by atoms with E-state index >= 15 is 0 Å². The summed E-state index contributed by atoms with van der Waals surface area (Å²) in [5.41, 5.74) is 1.11. The van der Waals surface area contributed by atoms with Crippen LogP contribution in [0.3, 0.4) is 0 Å². The fourth-order valence-corrected chi connectivity index (χ4v) is 4.08. The van der Waals surface area contributed by atoms with Crippen molar-refractivity contribution in [3.8, 4) is 0 Å². The molecule has 114 valence electrons. The number of ketones is 1. The Balaban J connectivity index is 1.67. The number of carbonyl (C=O) groups is 1. The normalized spacial score (nSPS) is 24.3. The van der Waals surface area contributed by atoms with E-state index in [1.807, 2.05) is 24.3 Å². The molecule has 0 spiro atoms. The number of Topliss-reactive ketones (excluding diaryl/α,β-unsaturated/α-hetero) is 1. The van der Waals surface area contributed by atoms with Crippen molar-refractivity contribution in [1.29, 1.82) is 0 Å². The van der Waals surface area contributed by atoms with Gasteiger partial charge in [0, 0.05) is 16.9 Å². The average Bonchev–Trinajstić information content (AvgIpc) is 3.00. The van der Waals surface area contributed by atoms with E-state index in [0.717, 1.165) is 42.5 Å². The van der Waals surface area contributed by atoms with E-state index in [4.69, 9.17) is 0 Å². The molecule has 3 rings (SSSR count). The van der Waals surface area contributed by atoms with Gasteiger partial charge in [0.2, 0.25) is 0 Å². The van der Waals surface area contributed by atoms with Crippen LogP contribution in [0.15, 0.2) is 28.7 Å². The van der Waals surface area contributed by atoms with Crippen LogP contribution in [0.5, 0.6) is 0 Å². The second-order valence-corrected chi connectivity index (χ2v) is 6.97. The highest BCUT2D eigenvalue weighted by atomic mass is 79.9. The Kier molecular flexibility index (Phi) is 5.09. The van der Waals surface area contributed by atoms with Crippen LogP contribution in [0.25, 0.3) is 0 Å². The van der Waals surface area contributed by atoms with Crippen molar-refractivity contribution in [2.45, 2.75) is 44.2 Å². The summed E-state index contributed by atoms with van der Waals surface area (Å²) in [7, 11) is 0. The zero-order chi connectivity index (χ0) is 14.7. The summed E-state index contributed by atoms with van der Waals surface area (Å²) in [5.74, 6) is 0.387. The van der Waals surface area contributed by atoms with Crippen molar-refractivity contribution < 1.29 is 4.79 Å². The van der Waals surface area contributed by atoms with E-state index in [1.54, 1.807) is 0 Å². The molecule has 0 radical (unpaired) electrons. The zero-order valence-electron chi connectivity index (χ0n) is 12.4. The number of piperidine rings is 1. The summed E-state index contributed by atoms with van der Waals surface area (Å²) < 4.78 is 1.05. The summed E-state index contributed by atoms with van der Waals surface area (Å²) in [5, 5.41) is 3.41. The predicted molar refractivity (Wildman–Crippen MR) is 88.5 cm³/mol. The van der Waals surface area contributed by atoms with Crippen LogP contribution in [-0.4, -0.2) is 42.4 Å². The quantitative estimate of drug-likeness (QED) is 0.906. The highest BCUT2D eigenvalue weighted by Crippen LogP contribution is 2.27. The molecular weight excluding hydrogens is 328 g/mol. The first-order valence-corrected chi connectivity index (χ1v) is 8.77. The lowest BCUT2D eigenvalue weighted by Crippen LogP contribution is -2.48. The summed E-state index contributed by atoms with van der Waals surface area (Å²) in [4.78, 5) is 15.2. The maximum Gasteiger partial charge on any atom is 0.154 e. The Bertz CT molecular complexity index is 499. The minimum atomic E-state index is 0.139. The third-order valence-corrected chi connectivity index (χ3v) is 5.54. The van der Waals surface area contributed by atoms with Crippen LogP contribution in [0.2, 0.25) is 0 Å². The molecule has 1 unspecified atom stereocenters. The van der Waals surface area contributed by atoms with Gasteiger partial charge in [-0.1, -0.05) is 34.1 Å². The molecule has 1 atom stereocenters. The van der Waals surface area contributed by atoms with Crippen LogP contribution in [0.4, 0.5) is 0 Å². The van der Waals surface area contributed by atoms with Gasteiger partial charge >= 0.3 is 0 Å². The van der Waals surface area contributed by atoms with Gasteiger partial charge in [-0.3, -0.25) is 9.69 Å². The number of halogens is 1. The van der Waals surface area contributed by atoms with Crippen molar-refractivity contribution in [3.63, 3.8) is 0 Å². The number of nitrogens with zero attached hydrogens (tertiary/aromatic N) is 1. The van der Waals surface area contributed by atoms with Gasteiger partial charge in [-0.2, -0.15) is 0 Å². The van der Waals surface area contributed by atoms with Crippen LogP contribution >= 0.6 is 15.9 Å². The van der Waals surface area contributed by atoms with Gasteiger partial charge in [0.05, 0.1) is 6.04 Å². The van der Waals surface area contributed by atoms with E-state index in [9.17, 15) is 4.79 Å². The molecule has 3 nitrogen and oxygen atoms in total. The smallest absolute Gasteiger partial charge is 0.154 e. The first kappa shape index (κ1) is 15.2. The molecule has 4 heteroatoms. The first-order valence-electron chi connectivity index (χ1n) is 7.98. The van der Waals surface area contributed by atoms with Crippen molar-refractivity contribution in [1.82, 2.24) is 10.2 Å². The van der Waals surface area contributed by atoms with Gasteiger partial charge < -0.3 is 5.32 Å². The molecule has 2 aliphatic rings. The number of nitrogens with one attached hydrogen (secondary N) is 1. The summed E-state index contributed by atoms with van der Waals surface area (Å²) in [6, 6.07) is 8.80. The summed E-state index contributed by atoms with van der Waals surface area (Å²) >= 11 is 3.55. The molecule has 0 aliphatic carbocycles. The summed E-state index contributed by atoms with van der Waals surface area (Å²) in [6.45, 7) is 3.27. The standard InChI is InChI=1S/C17H23BrN2O/c18-15-5-2-1-4-13(15)12-17(21)16-6-3-11-20(16)14-7-9-19-10-8-14/h1-2,4-5,14,16,19H,3,6-12H2. The number of rotatable bonds is 4. The van der Waals surface area contributed by atoms with Crippen LogP contribution in [-0.2, 0) is 11.2 Å². The molecular formula is C17H23BrN2O. The van der Waals surface area contributed by atoms with E-state index in [0.29, 0.717) is 18.2 Å². The summed E-state index contributed by atoms with van der Waals surface area (Å²) in [6.07, 6.45) is 5.11. The topological polar surface area (TPSA) is 32.3 Å². The van der Waals surface area contributed by atoms with Crippen molar-refractivity contribution >= 4 is 21.7 Å². The number of carbonyl (C=O) groups excluding carboxylic acids is 1. The number of hydrogen-bond acceptors (Lipinski definition) is 3. The zero-order valence-corrected chi connectivity index (χ0v) is 13.9. The van der Waals surface area contributed by atoms with Gasteiger partial charge in [-0.15, -0.1) is 0 Å². The molecule has 1 N–H and O–H groups in total. The molecule has 1 aromatic rings. The molecule has 1 aromatic carbocycles. The first-order chi connectivity index (χ1) is 10.3. The Morgan fingerprint density at radius 3 is 2.76 bits per heavy atom. The van der Waals surface area contributed by atoms with Gasteiger partial charge in [-0.05, 0) is 56.9 Å². The highest BCUT2D eigenvalue weighted by molar-refractivity contribution is 9.10. The van der Waals surface area contributed by atoms with Gasteiger partial charge in [0.1, 0.15) is 0 Å². The van der Waals surface area contributed by atoms with Gasteiger partial charge in [0.25, 0.3) is 0 Å². The molecule has 0 aromatic heterocycles. The van der Waals surface area contributed by atoms with Crippen LogP contribution < -0.4 is 5.32 Å². The van der Waals surface area contributed by atoms with E-state index in [-0.39, 0.29) is 6.04 Å². The van der Waals surface area contributed by atoms with Crippen LogP contribution in [0.1, 0.15) is 31.2 Å². The minimum absolute atomic E-state index is 0.139. The number of benzene rings is 1. The molecule has 0 amide bonds. The minimum Gasteiger partial charge on any atom is -0.317 e. The lowest BCUT2D eigenvalue weighted by Gasteiger charge is -2.35. The second-order valence-electron chi connectivity index (χ2n) is 6.11. The maximum atomic E-state index is 12.7. The lowest BCUT2D eigenvalue weighted by molar-refractivity contribution is -0.123. The largest absolute Gasteiger partial charge is 0.317 e. The van der Waals surface area contributed by atoms with E-state index < -0.39 is 0 Å². The lowest BCUT2D eigenvalue weighted by atomic mass is 9.98. The number of hydrogen-bond donors (Lipinski definition) is 1. The Labute approximate surface area is 135 Å². The van der Waals surface area contributed by atoms with Crippen molar-refractivity contribution in [2.75, 3.05) is 19.6 Å². The fraction of sp³-hybridized carbons (Fsp3) is 0.588. The Morgan fingerprint density at radius 2 is 2.00 bits per heavy atom. The predicted octanol–water partition coefficient (Wildman–Crippen LogP) is 2.78. The fourth-order valence-electron chi connectivity index (χ4n) is 3.66. The SMILES string of the molecule is O=C(Cc1ccccc1Br)C1CCCN1C1CCNCC1. The molecule has 2 heterocycles. The highest BCUT2D eigenvalue weighted by Gasteiger charge is 2.35. The average molecular weight is 351 g/mol. The maximum absolute atomic E-state index is 12.7. The molecule has 2 aliphatic heterocycles. The van der Waals surface area contributed by atoms with Crippen molar-refractivity contribution in [3.05, 3.63) is 34.3 Å². The Morgan fingerprint density at radius 1 is 1.24 bits per heavy atom. The van der Waals surface area contributed by atoms with Gasteiger partial charge in [0.15, 0.2) is 5.78 Å². The van der Waals surface area contributed by atoms with Crippen molar-refractivity contribution in [2.24, 2.45) is 0 Å². The van der Waals surface area contributed by atoms with Gasteiger partial charge in [-0.25, -0.2) is 0 Å². The number of likely N-dealkylation sites (tertiary alicyclic amines) is 1. The molecule has 0 bridgehead atoms. The van der Waals surface area contributed by atoms with Crippen LogP contribution in [0, 0.1) is 0 Å². The van der Waals surface area contributed by atoms with E-state index in [1.165, 1.54) is 12.8 Å². The molecule has 2 saturated heterocycles. The third-order valence-electron chi connectivity index (χ3n) is 4.77. The molecule has 0 saturated carbocycles. The second kappa shape index (κ2) is 7.03. The Hall–Kier alpha value is -0.710. The third kappa shape index (κ3) is 3.55. The molecule has 2 fully saturated rings.